The van der Waals surface area contributed by atoms with E-state index in [0.717, 1.165) is 12.1 Å². The Balaban J connectivity index is 1.87. The molecule has 0 saturated heterocycles. The van der Waals surface area contributed by atoms with Gasteiger partial charge in [-0.3, -0.25) is 4.79 Å². The monoisotopic (exact) mass is 366 g/mol. The zero-order valence-electron chi connectivity index (χ0n) is 15.8. The van der Waals surface area contributed by atoms with E-state index in [9.17, 15) is 4.79 Å². The van der Waals surface area contributed by atoms with Crippen LogP contribution in [0.1, 0.15) is 28.7 Å². The molecule has 2 aromatic carbocycles. The minimum atomic E-state index is -0.365. The zero-order valence-corrected chi connectivity index (χ0v) is 15.8. The van der Waals surface area contributed by atoms with Crippen LogP contribution in [0.4, 0.5) is 5.69 Å². The summed E-state index contributed by atoms with van der Waals surface area (Å²) >= 11 is 0. The van der Waals surface area contributed by atoms with Gasteiger partial charge in [-0.2, -0.15) is 0 Å². The molecule has 0 radical (unpaired) electrons. The fourth-order valence-electron chi connectivity index (χ4n) is 2.75. The number of anilines is 1. The quantitative estimate of drug-likeness (QED) is 0.723. The lowest BCUT2D eigenvalue weighted by atomic mass is 10.1. The molecule has 7 nitrogen and oxygen atoms in total. The number of hydrogen-bond acceptors (Lipinski definition) is 5. The van der Waals surface area contributed by atoms with Crippen LogP contribution in [0.15, 0.2) is 42.5 Å². The van der Waals surface area contributed by atoms with Crippen LogP contribution in [0.3, 0.4) is 0 Å². The van der Waals surface area contributed by atoms with E-state index < -0.39 is 0 Å². The van der Waals surface area contributed by atoms with Gasteiger partial charge in [0.15, 0.2) is 5.69 Å². The predicted octanol–water partition coefficient (Wildman–Crippen LogP) is 3.41. The van der Waals surface area contributed by atoms with E-state index in [4.69, 9.17) is 9.47 Å². The van der Waals surface area contributed by atoms with E-state index >= 15 is 0 Å². The highest BCUT2D eigenvalue weighted by Crippen LogP contribution is 2.29. The van der Waals surface area contributed by atoms with Crippen molar-refractivity contribution in [2.24, 2.45) is 0 Å². The summed E-state index contributed by atoms with van der Waals surface area (Å²) in [6.07, 6.45) is 0.965. The molecule has 1 aromatic heterocycles. The van der Waals surface area contributed by atoms with Gasteiger partial charge in [0.2, 0.25) is 0 Å². The van der Waals surface area contributed by atoms with Crippen molar-refractivity contribution < 1.29 is 14.3 Å². The van der Waals surface area contributed by atoms with Crippen molar-refractivity contribution in [3.05, 3.63) is 59.4 Å². The minimum Gasteiger partial charge on any atom is -0.497 e. The third-order valence-corrected chi connectivity index (χ3v) is 4.35. The fraction of sp³-hybridized carbons (Fsp3) is 0.250. The molecular formula is C20H22N4O3. The van der Waals surface area contributed by atoms with E-state index in [2.05, 4.69) is 22.6 Å². The van der Waals surface area contributed by atoms with E-state index in [1.165, 1.54) is 5.56 Å². The Hall–Kier alpha value is -3.35. The molecule has 1 heterocycles. The van der Waals surface area contributed by atoms with Gasteiger partial charge in [-0.05, 0) is 43.2 Å². The SMILES string of the molecule is CCc1ccc(-n2nnc(C(=O)Nc3cc(OC)ccc3OC)c2C)cc1. The molecule has 3 rings (SSSR count). The highest BCUT2D eigenvalue weighted by atomic mass is 16.5. The van der Waals surface area contributed by atoms with Crippen molar-refractivity contribution in [1.82, 2.24) is 15.0 Å². The molecule has 0 spiro atoms. The smallest absolute Gasteiger partial charge is 0.278 e. The maximum absolute atomic E-state index is 12.7. The predicted molar refractivity (Wildman–Crippen MR) is 103 cm³/mol. The third-order valence-electron chi connectivity index (χ3n) is 4.35. The van der Waals surface area contributed by atoms with Crippen molar-refractivity contribution in [2.75, 3.05) is 19.5 Å². The summed E-state index contributed by atoms with van der Waals surface area (Å²) in [4.78, 5) is 12.7. The Morgan fingerprint density at radius 3 is 2.48 bits per heavy atom. The lowest BCUT2D eigenvalue weighted by Gasteiger charge is -2.11. The highest BCUT2D eigenvalue weighted by molar-refractivity contribution is 6.04. The molecule has 0 aliphatic rings. The molecular weight excluding hydrogens is 344 g/mol. The second-order valence-electron chi connectivity index (χ2n) is 5.98. The number of ether oxygens (including phenoxy) is 2. The van der Waals surface area contributed by atoms with Gasteiger partial charge in [0.1, 0.15) is 11.5 Å². The molecule has 0 unspecified atom stereocenters. The average molecular weight is 366 g/mol. The van der Waals surface area contributed by atoms with Gasteiger partial charge < -0.3 is 14.8 Å². The average Bonchev–Trinajstić information content (AvgIpc) is 3.09. The Labute approximate surface area is 157 Å². The number of aryl methyl sites for hydroxylation is 1. The molecule has 0 aliphatic heterocycles. The van der Waals surface area contributed by atoms with Crippen LogP contribution in [-0.4, -0.2) is 35.1 Å². The number of nitrogens with zero attached hydrogens (tertiary/aromatic N) is 3. The van der Waals surface area contributed by atoms with Gasteiger partial charge in [-0.1, -0.05) is 24.3 Å². The molecule has 7 heteroatoms. The maximum Gasteiger partial charge on any atom is 0.278 e. The number of benzene rings is 2. The molecule has 0 saturated carbocycles. The molecule has 0 bridgehead atoms. The summed E-state index contributed by atoms with van der Waals surface area (Å²) in [6.45, 7) is 3.91. The number of amides is 1. The van der Waals surface area contributed by atoms with Gasteiger partial charge in [-0.15, -0.1) is 5.10 Å². The summed E-state index contributed by atoms with van der Waals surface area (Å²) in [5.74, 6) is 0.780. The third kappa shape index (κ3) is 3.76. The van der Waals surface area contributed by atoms with Crippen molar-refractivity contribution in [2.45, 2.75) is 20.3 Å². The molecule has 140 valence electrons. The van der Waals surface area contributed by atoms with E-state index in [0.29, 0.717) is 22.9 Å². The Bertz CT molecular complexity index is 948. The summed E-state index contributed by atoms with van der Waals surface area (Å²) < 4.78 is 12.2. The maximum atomic E-state index is 12.7. The summed E-state index contributed by atoms with van der Waals surface area (Å²) in [7, 11) is 3.10. The standard InChI is InChI=1S/C20H22N4O3/c1-5-14-6-8-15(9-7-14)24-13(2)19(22-23-24)20(25)21-17-12-16(26-3)10-11-18(17)27-4/h6-12H,5H2,1-4H3,(H,21,25). The van der Waals surface area contributed by atoms with Crippen molar-refractivity contribution in [3.8, 4) is 17.2 Å². The van der Waals surface area contributed by atoms with Crippen LogP contribution >= 0.6 is 0 Å². The molecule has 27 heavy (non-hydrogen) atoms. The lowest BCUT2D eigenvalue weighted by Crippen LogP contribution is -2.15. The van der Waals surface area contributed by atoms with Crippen LogP contribution in [0, 0.1) is 6.92 Å². The molecule has 0 fully saturated rings. The van der Waals surface area contributed by atoms with Gasteiger partial charge in [0, 0.05) is 6.07 Å². The molecule has 1 N–H and O–H groups in total. The van der Waals surface area contributed by atoms with Crippen LogP contribution in [0.25, 0.3) is 5.69 Å². The van der Waals surface area contributed by atoms with Crippen LogP contribution in [-0.2, 0) is 6.42 Å². The first-order valence-corrected chi connectivity index (χ1v) is 8.62. The number of methoxy groups -OCH3 is 2. The van der Waals surface area contributed by atoms with Crippen molar-refractivity contribution >= 4 is 11.6 Å². The Morgan fingerprint density at radius 2 is 1.85 bits per heavy atom. The van der Waals surface area contributed by atoms with Crippen LogP contribution in [0.5, 0.6) is 11.5 Å². The van der Waals surface area contributed by atoms with Gasteiger partial charge in [0.25, 0.3) is 5.91 Å². The number of aromatic nitrogens is 3. The largest absolute Gasteiger partial charge is 0.497 e. The Kier molecular flexibility index (Phi) is 5.40. The van der Waals surface area contributed by atoms with E-state index in [1.54, 1.807) is 37.1 Å². The second kappa shape index (κ2) is 7.90. The number of nitrogens with one attached hydrogen (secondary N) is 1. The molecule has 0 atom stereocenters. The summed E-state index contributed by atoms with van der Waals surface area (Å²) in [6, 6.07) is 13.2. The highest BCUT2D eigenvalue weighted by Gasteiger charge is 2.19. The van der Waals surface area contributed by atoms with Crippen molar-refractivity contribution in [3.63, 3.8) is 0 Å². The number of carbonyl (C=O) groups excluding carboxylic acids is 1. The first-order valence-electron chi connectivity index (χ1n) is 8.62. The first-order chi connectivity index (χ1) is 13.1. The number of carbonyl (C=O) groups is 1. The topological polar surface area (TPSA) is 78.3 Å². The fourth-order valence-corrected chi connectivity index (χ4v) is 2.75. The molecule has 1 amide bonds. The second-order valence-corrected chi connectivity index (χ2v) is 5.98. The first kappa shape index (κ1) is 18.4. The van der Waals surface area contributed by atoms with Gasteiger partial charge in [0.05, 0.1) is 31.3 Å². The Morgan fingerprint density at radius 1 is 1.11 bits per heavy atom. The lowest BCUT2D eigenvalue weighted by molar-refractivity contribution is 0.102. The zero-order chi connectivity index (χ0) is 19.4. The van der Waals surface area contributed by atoms with Gasteiger partial charge in [-0.25, -0.2) is 4.68 Å². The van der Waals surface area contributed by atoms with Crippen molar-refractivity contribution in [1.29, 1.82) is 0 Å². The molecule has 3 aromatic rings. The van der Waals surface area contributed by atoms with E-state index in [-0.39, 0.29) is 11.6 Å². The van der Waals surface area contributed by atoms with Crippen LogP contribution in [0.2, 0.25) is 0 Å². The minimum absolute atomic E-state index is 0.249. The van der Waals surface area contributed by atoms with Crippen LogP contribution < -0.4 is 14.8 Å². The van der Waals surface area contributed by atoms with Gasteiger partial charge >= 0.3 is 0 Å². The summed E-state index contributed by atoms with van der Waals surface area (Å²) in [5, 5.41) is 11.0. The number of rotatable bonds is 6. The normalized spacial score (nSPS) is 10.5. The van der Waals surface area contributed by atoms with E-state index in [1.807, 2.05) is 31.2 Å². The number of hydrogen-bond donors (Lipinski definition) is 1. The summed E-state index contributed by atoms with van der Waals surface area (Å²) in [5.41, 5.74) is 3.50. The molecule has 0 aliphatic carbocycles.